The third kappa shape index (κ3) is 5.78. The first-order valence-corrected chi connectivity index (χ1v) is 10.2. The molecule has 2 saturated heterocycles. The summed E-state index contributed by atoms with van der Waals surface area (Å²) < 4.78 is 0. The van der Waals surface area contributed by atoms with Crippen LogP contribution >= 0.6 is 0 Å². The van der Waals surface area contributed by atoms with E-state index in [2.05, 4.69) is 23.6 Å². The number of carbonyl (C=O) groups excluding carboxylic acids is 2. The highest BCUT2D eigenvalue weighted by molar-refractivity contribution is 5.77. The summed E-state index contributed by atoms with van der Waals surface area (Å²) in [6, 6.07) is 0.777. The summed E-state index contributed by atoms with van der Waals surface area (Å²) in [5.41, 5.74) is 0. The molecule has 4 nitrogen and oxygen atoms in total. The highest BCUT2D eigenvalue weighted by Gasteiger charge is 2.23. The van der Waals surface area contributed by atoms with E-state index in [1.807, 2.05) is 0 Å². The van der Waals surface area contributed by atoms with Gasteiger partial charge in [-0.25, -0.2) is 0 Å². The van der Waals surface area contributed by atoms with Crippen LogP contribution in [0.25, 0.3) is 0 Å². The highest BCUT2D eigenvalue weighted by atomic mass is 16.2. The quantitative estimate of drug-likeness (QED) is 0.708. The molecule has 4 heteroatoms. The lowest BCUT2D eigenvalue weighted by Gasteiger charge is -2.28. The fourth-order valence-corrected chi connectivity index (χ4v) is 4.13. The Bertz CT molecular complexity index is 372. The standard InChI is InChI=1S/C20H36N2O2/c1-17-11-5-3-9-15-21(17)19(23)13-7-8-14-20(24)22-16-10-4-6-12-18(22)2/h17-18H,3-16H2,1-2H3. The number of amides is 2. The van der Waals surface area contributed by atoms with Crippen molar-refractivity contribution in [3.8, 4) is 0 Å². The topological polar surface area (TPSA) is 40.6 Å². The van der Waals surface area contributed by atoms with Crippen molar-refractivity contribution in [2.24, 2.45) is 0 Å². The third-order valence-corrected chi connectivity index (χ3v) is 5.78. The number of hydrogen-bond acceptors (Lipinski definition) is 2. The van der Waals surface area contributed by atoms with Crippen molar-refractivity contribution >= 4 is 11.8 Å². The van der Waals surface area contributed by atoms with Crippen LogP contribution in [0.5, 0.6) is 0 Å². The summed E-state index contributed by atoms with van der Waals surface area (Å²) >= 11 is 0. The molecule has 0 aliphatic carbocycles. The first kappa shape index (κ1) is 19.3. The van der Waals surface area contributed by atoms with Crippen LogP contribution in [0.1, 0.15) is 90.9 Å². The molecule has 2 fully saturated rings. The first-order chi connectivity index (χ1) is 11.6. The van der Waals surface area contributed by atoms with Crippen LogP contribution in [0.15, 0.2) is 0 Å². The molecule has 138 valence electrons. The summed E-state index contributed by atoms with van der Waals surface area (Å²) in [4.78, 5) is 29.0. The molecule has 0 aromatic heterocycles. The average molecular weight is 337 g/mol. The summed E-state index contributed by atoms with van der Waals surface area (Å²) in [7, 11) is 0. The predicted octanol–water partition coefficient (Wildman–Crippen LogP) is 4.13. The number of likely N-dealkylation sites (tertiary alicyclic amines) is 2. The largest absolute Gasteiger partial charge is 0.340 e. The summed E-state index contributed by atoms with van der Waals surface area (Å²) in [6.45, 7) is 6.19. The third-order valence-electron chi connectivity index (χ3n) is 5.78. The van der Waals surface area contributed by atoms with E-state index < -0.39 is 0 Å². The minimum atomic E-state index is 0.292. The van der Waals surface area contributed by atoms with Gasteiger partial charge in [0.1, 0.15) is 0 Å². The van der Waals surface area contributed by atoms with E-state index in [-0.39, 0.29) is 0 Å². The fraction of sp³-hybridized carbons (Fsp3) is 0.900. The van der Waals surface area contributed by atoms with Gasteiger partial charge in [0, 0.05) is 38.0 Å². The molecule has 0 spiro atoms. The lowest BCUT2D eigenvalue weighted by atomic mass is 10.1. The summed E-state index contributed by atoms with van der Waals surface area (Å²) in [5.74, 6) is 0.583. The van der Waals surface area contributed by atoms with Gasteiger partial charge >= 0.3 is 0 Å². The second-order valence-corrected chi connectivity index (χ2v) is 7.78. The van der Waals surface area contributed by atoms with E-state index in [1.165, 1.54) is 25.7 Å². The van der Waals surface area contributed by atoms with E-state index in [9.17, 15) is 9.59 Å². The van der Waals surface area contributed by atoms with Crippen LogP contribution in [-0.2, 0) is 9.59 Å². The van der Waals surface area contributed by atoms with Crippen molar-refractivity contribution in [2.45, 2.75) is 103 Å². The van der Waals surface area contributed by atoms with Crippen LogP contribution in [-0.4, -0.2) is 46.8 Å². The predicted molar refractivity (Wildman–Crippen MR) is 97.8 cm³/mol. The van der Waals surface area contributed by atoms with Crippen LogP contribution in [0.4, 0.5) is 0 Å². The highest BCUT2D eigenvalue weighted by Crippen LogP contribution is 2.20. The molecule has 2 unspecified atom stereocenters. The van der Waals surface area contributed by atoms with E-state index in [0.717, 1.165) is 51.6 Å². The van der Waals surface area contributed by atoms with Gasteiger partial charge in [-0.1, -0.05) is 25.7 Å². The van der Waals surface area contributed by atoms with Crippen molar-refractivity contribution in [2.75, 3.05) is 13.1 Å². The second kappa shape index (κ2) is 10.0. The Morgan fingerprint density at radius 1 is 0.708 bits per heavy atom. The maximum Gasteiger partial charge on any atom is 0.222 e. The van der Waals surface area contributed by atoms with Crippen molar-refractivity contribution in [1.29, 1.82) is 0 Å². The van der Waals surface area contributed by atoms with Crippen molar-refractivity contribution < 1.29 is 9.59 Å². The molecule has 2 atom stereocenters. The van der Waals surface area contributed by atoms with E-state index in [0.29, 0.717) is 36.7 Å². The normalized spacial score (nSPS) is 25.9. The molecule has 0 N–H and O–H groups in total. The Morgan fingerprint density at radius 3 is 1.54 bits per heavy atom. The van der Waals surface area contributed by atoms with E-state index in [1.54, 1.807) is 0 Å². The zero-order chi connectivity index (χ0) is 17.4. The van der Waals surface area contributed by atoms with Crippen LogP contribution in [0.3, 0.4) is 0 Å². The Morgan fingerprint density at radius 2 is 1.12 bits per heavy atom. The molecule has 0 aromatic carbocycles. The SMILES string of the molecule is CC1CCCCCN1C(=O)CCCCC(=O)N1CCCCCC1C. The molecule has 2 rings (SSSR count). The Kier molecular flexibility index (Phi) is 8.07. The second-order valence-electron chi connectivity index (χ2n) is 7.78. The van der Waals surface area contributed by atoms with Crippen molar-refractivity contribution in [3.05, 3.63) is 0 Å². The van der Waals surface area contributed by atoms with Gasteiger partial charge in [0.2, 0.25) is 11.8 Å². The molecule has 0 aromatic rings. The number of unbranched alkanes of at least 4 members (excludes halogenated alkanes) is 1. The molecular weight excluding hydrogens is 300 g/mol. The van der Waals surface area contributed by atoms with Crippen LogP contribution < -0.4 is 0 Å². The molecule has 0 radical (unpaired) electrons. The lowest BCUT2D eigenvalue weighted by Crippen LogP contribution is -2.38. The molecule has 2 aliphatic heterocycles. The number of nitrogens with zero attached hydrogens (tertiary/aromatic N) is 2. The number of carbonyl (C=O) groups is 2. The van der Waals surface area contributed by atoms with Gasteiger partial charge in [0.25, 0.3) is 0 Å². The molecule has 2 heterocycles. The zero-order valence-corrected chi connectivity index (χ0v) is 15.8. The molecule has 2 amide bonds. The smallest absolute Gasteiger partial charge is 0.222 e. The monoisotopic (exact) mass is 336 g/mol. The average Bonchev–Trinajstić information content (AvgIpc) is 2.91. The maximum absolute atomic E-state index is 12.4. The molecule has 24 heavy (non-hydrogen) atoms. The van der Waals surface area contributed by atoms with Crippen LogP contribution in [0.2, 0.25) is 0 Å². The van der Waals surface area contributed by atoms with Crippen molar-refractivity contribution in [1.82, 2.24) is 9.80 Å². The Labute approximate surface area is 148 Å². The molecule has 0 bridgehead atoms. The summed E-state index contributed by atoms with van der Waals surface area (Å²) in [6.07, 6.45) is 12.4. The Hall–Kier alpha value is -1.06. The lowest BCUT2D eigenvalue weighted by molar-refractivity contribution is -0.135. The molecule has 0 saturated carbocycles. The van der Waals surface area contributed by atoms with Gasteiger partial charge in [-0.3, -0.25) is 9.59 Å². The van der Waals surface area contributed by atoms with Crippen molar-refractivity contribution in [3.63, 3.8) is 0 Å². The van der Waals surface area contributed by atoms with Gasteiger partial charge in [0.15, 0.2) is 0 Å². The molecule has 2 aliphatic rings. The van der Waals surface area contributed by atoms with Gasteiger partial charge in [-0.05, 0) is 52.4 Å². The summed E-state index contributed by atoms with van der Waals surface area (Å²) in [5, 5.41) is 0. The van der Waals surface area contributed by atoms with Gasteiger partial charge in [0.05, 0.1) is 0 Å². The van der Waals surface area contributed by atoms with Gasteiger partial charge in [-0.15, -0.1) is 0 Å². The molecular formula is C20H36N2O2. The maximum atomic E-state index is 12.4. The van der Waals surface area contributed by atoms with Crippen LogP contribution in [0, 0.1) is 0 Å². The minimum absolute atomic E-state index is 0.292. The van der Waals surface area contributed by atoms with E-state index >= 15 is 0 Å². The fourth-order valence-electron chi connectivity index (χ4n) is 4.13. The van der Waals surface area contributed by atoms with Gasteiger partial charge in [-0.2, -0.15) is 0 Å². The van der Waals surface area contributed by atoms with E-state index in [4.69, 9.17) is 0 Å². The number of hydrogen-bond donors (Lipinski definition) is 0. The first-order valence-electron chi connectivity index (χ1n) is 10.2. The zero-order valence-electron chi connectivity index (χ0n) is 15.8. The minimum Gasteiger partial charge on any atom is -0.340 e. The van der Waals surface area contributed by atoms with Gasteiger partial charge < -0.3 is 9.80 Å². The number of rotatable bonds is 5. The Balaban J connectivity index is 1.67.